The van der Waals surface area contributed by atoms with Crippen LogP contribution in [0.5, 0.6) is 0 Å². The van der Waals surface area contributed by atoms with Crippen molar-refractivity contribution < 1.29 is 4.79 Å². The Morgan fingerprint density at radius 1 is 0.829 bits per heavy atom. The first kappa shape index (κ1) is 23.4. The minimum absolute atomic E-state index is 0.138. The molecule has 180 valence electrons. The standard InChI is InChI=1S/C31H35N3O/c1-2-17-34-19-15-27-13-14-28(24-30(27)31(34)35)33-22-20-32(21-23-33)18-16-29(25-9-5-3-6-10-25)26-11-7-4-8-12-26/h2-14,24,29H,1,15-23H2. The van der Waals surface area contributed by atoms with E-state index in [0.29, 0.717) is 12.5 Å². The van der Waals surface area contributed by atoms with Crippen molar-refractivity contribution in [3.05, 3.63) is 114 Å². The van der Waals surface area contributed by atoms with E-state index in [1.54, 1.807) is 0 Å². The molecule has 35 heavy (non-hydrogen) atoms. The molecule has 0 spiro atoms. The highest BCUT2D eigenvalue weighted by molar-refractivity contribution is 5.97. The minimum atomic E-state index is 0.138. The summed E-state index contributed by atoms with van der Waals surface area (Å²) in [6.07, 6.45) is 3.85. The Morgan fingerprint density at radius 2 is 1.49 bits per heavy atom. The summed E-state index contributed by atoms with van der Waals surface area (Å²) in [5.41, 5.74) is 5.99. The van der Waals surface area contributed by atoms with E-state index in [-0.39, 0.29) is 5.91 Å². The average molecular weight is 466 g/mol. The summed E-state index contributed by atoms with van der Waals surface area (Å²) in [6, 6.07) is 28.2. The van der Waals surface area contributed by atoms with Crippen molar-refractivity contribution in [1.29, 1.82) is 0 Å². The van der Waals surface area contributed by atoms with Crippen molar-refractivity contribution in [2.75, 3.05) is 50.7 Å². The van der Waals surface area contributed by atoms with Gasteiger partial charge in [0.1, 0.15) is 0 Å². The zero-order valence-corrected chi connectivity index (χ0v) is 20.5. The summed E-state index contributed by atoms with van der Waals surface area (Å²) in [5, 5.41) is 0. The zero-order valence-electron chi connectivity index (χ0n) is 20.5. The molecule has 1 saturated heterocycles. The summed E-state index contributed by atoms with van der Waals surface area (Å²) in [4.78, 5) is 19.8. The minimum Gasteiger partial charge on any atom is -0.369 e. The lowest BCUT2D eigenvalue weighted by Crippen LogP contribution is -2.47. The molecule has 2 aliphatic rings. The number of anilines is 1. The number of nitrogens with zero attached hydrogens (tertiary/aromatic N) is 3. The molecular formula is C31H35N3O. The van der Waals surface area contributed by atoms with E-state index in [4.69, 9.17) is 0 Å². The third-order valence-corrected chi connectivity index (χ3v) is 7.49. The van der Waals surface area contributed by atoms with E-state index in [1.807, 2.05) is 11.0 Å². The first-order chi connectivity index (χ1) is 17.2. The van der Waals surface area contributed by atoms with Crippen LogP contribution in [0.1, 0.15) is 39.4 Å². The molecule has 4 nitrogen and oxygen atoms in total. The average Bonchev–Trinajstić information content (AvgIpc) is 2.92. The van der Waals surface area contributed by atoms with E-state index in [0.717, 1.165) is 57.7 Å². The molecule has 2 aliphatic heterocycles. The lowest BCUT2D eigenvalue weighted by atomic mass is 9.88. The maximum atomic E-state index is 12.9. The van der Waals surface area contributed by atoms with Crippen LogP contribution < -0.4 is 4.90 Å². The first-order valence-corrected chi connectivity index (χ1v) is 12.8. The molecule has 5 rings (SSSR count). The van der Waals surface area contributed by atoms with Crippen LogP contribution in [0.4, 0.5) is 5.69 Å². The number of hydrogen-bond donors (Lipinski definition) is 0. The van der Waals surface area contributed by atoms with E-state index in [1.165, 1.54) is 22.4 Å². The second kappa shape index (κ2) is 10.9. The van der Waals surface area contributed by atoms with Crippen molar-refractivity contribution in [1.82, 2.24) is 9.80 Å². The number of fused-ring (bicyclic) bond motifs is 1. The Kier molecular flexibility index (Phi) is 7.29. The number of carbonyl (C=O) groups excluding carboxylic acids is 1. The van der Waals surface area contributed by atoms with Crippen LogP contribution in [0.25, 0.3) is 0 Å². The number of hydrogen-bond acceptors (Lipinski definition) is 3. The van der Waals surface area contributed by atoms with Crippen LogP contribution in [0.2, 0.25) is 0 Å². The van der Waals surface area contributed by atoms with Crippen LogP contribution in [-0.4, -0.2) is 61.5 Å². The molecule has 0 atom stereocenters. The summed E-state index contributed by atoms with van der Waals surface area (Å²) in [7, 11) is 0. The van der Waals surface area contributed by atoms with Gasteiger partial charge in [-0.2, -0.15) is 0 Å². The number of carbonyl (C=O) groups is 1. The number of amides is 1. The molecular weight excluding hydrogens is 430 g/mol. The van der Waals surface area contributed by atoms with Crippen molar-refractivity contribution in [2.24, 2.45) is 0 Å². The summed E-state index contributed by atoms with van der Waals surface area (Å²) < 4.78 is 0. The van der Waals surface area contributed by atoms with E-state index in [9.17, 15) is 4.79 Å². The monoisotopic (exact) mass is 465 g/mol. The van der Waals surface area contributed by atoms with Gasteiger partial charge in [-0.1, -0.05) is 72.8 Å². The Labute approximate surface area is 209 Å². The molecule has 3 aromatic carbocycles. The fourth-order valence-electron chi connectivity index (χ4n) is 5.47. The fourth-order valence-corrected chi connectivity index (χ4v) is 5.47. The van der Waals surface area contributed by atoms with Crippen LogP contribution in [-0.2, 0) is 6.42 Å². The van der Waals surface area contributed by atoms with Crippen molar-refractivity contribution in [2.45, 2.75) is 18.8 Å². The van der Waals surface area contributed by atoms with Gasteiger partial charge in [0.25, 0.3) is 5.91 Å². The third-order valence-electron chi connectivity index (χ3n) is 7.49. The molecule has 0 aliphatic carbocycles. The highest BCUT2D eigenvalue weighted by Gasteiger charge is 2.25. The zero-order chi connectivity index (χ0) is 24.0. The van der Waals surface area contributed by atoms with Crippen LogP contribution in [0.3, 0.4) is 0 Å². The van der Waals surface area contributed by atoms with Crippen LogP contribution in [0, 0.1) is 0 Å². The molecule has 0 radical (unpaired) electrons. The van der Waals surface area contributed by atoms with Gasteiger partial charge in [0.2, 0.25) is 0 Å². The van der Waals surface area contributed by atoms with Gasteiger partial charge >= 0.3 is 0 Å². The highest BCUT2D eigenvalue weighted by atomic mass is 16.2. The molecule has 0 unspecified atom stereocenters. The highest BCUT2D eigenvalue weighted by Crippen LogP contribution is 2.29. The normalized spacial score (nSPS) is 16.4. The molecule has 0 saturated carbocycles. The Morgan fingerprint density at radius 3 is 2.11 bits per heavy atom. The molecule has 2 heterocycles. The molecule has 1 amide bonds. The van der Waals surface area contributed by atoms with Gasteiger partial charge in [-0.25, -0.2) is 0 Å². The summed E-state index contributed by atoms with van der Waals surface area (Å²) in [5.74, 6) is 0.556. The van der Waals surface area contributed by atoms with E-state index < -0.39 is 0 Å². The molecule has 0 N–H and O–H groups in total. The van der Waals surface area contributed by atoms with Crippen molar-refractivity contribution in [3.63, 3.8) is 0 Å². The van der Waals surface area contributed by atoms with Gasteiger partial charge in [-0.05, 0) is 48.2 Å². The van der Waals surface area contributed by atoms with Gasteiger partial charge in [-0.15, -0.1) is 6.58 Å². The van der Waals surface area contributed by atoms with Crippen molar-refractivity contribution in [3.8, 4) is 0 Å². The Bertz CT molecular complexity index is 1100. The van der Waals surface area contributed by atoms with E-state index >= 15 is 0 Å². The lowest BCUT2D eigenvalue weighted by molar-refractivity contribution is 0.0759. The maximum absolute atomic E-state index is 12.9. The first-order valence-electron chi connectivity index (χ1n) is 12.8. The smallest absolute Gasteiger partial charge is 0.254 e. The SMILES string of the molecule is C=CCN1CCc2ccc(N3CCN(CCC(c4ccccc4)c4ccccc4)CC3)cc2C1=O. The topological polar surface area (TPSA) is 26.8 Å². The second-order valence-electron chi connectivity index (χ2n) is 9.62. The predicted molar refractivity (Wildman–Crippen MR) is 144 cm³/mol. The molecule has 0 aromatic heterocycles. The number of piperazine rings is 1. The summed E-state index contributed by atoms with van der Waals surface area (Å²) >= 11 is 0. The maximum Gasteiger partial charge on any atom is 0.254 e. The van der Waals surface area contributed by atoms with Gasteiger partial charge in [-0.3, -0.25) is 9.69 Å². The Hall–Kier alpha value is -3.37. The molecule has 0 bridgehead atoms. The summed E-state index contributed by atoms with van der Waals surface area (Å²) in [6.45, 7) is 10.4. The van der Waals surface area contributed by atoms with Gasteiger partial charge < -0.3 is 9.80 Å². The van der Waals surface area contributed by atoms with Gasteiger partial charge in [0, 0.05) is 56.4 Å². The largest absolute Gasteiger partial charge is 0.369 e. The van der Waals surface area contributed by atoms with Crippen molar-refractivity contribution >= 4 is 11.6 Å². The molecule has 1 fully saturated rings. The fraction of sp³-hybridized carbons (Fsp3) is 0.323. The third kappa shape index (κ3) is 5.33. The predicted octanol–water partition coefficient (Wildman–Crippen LogP) is 5.22. The quantitative estimate of drug-likeness (QED) is 0.427. The number of benzene rings is 3. The Balaban J connectivity index is 1.21. The molecule has 3 aromatic rings. The second-order valence-corrected chi connectivity index (χ2v) is 9.62. The van der Waals surface area contributed by atoms with E-state index in [2.05, 4.69) is 95.2 Å². The van der Waals surface area contributed by atoms with Gasteiger partial charge in [0.05, 0.1) is 0 Å². The molecule has 4 heteroatoms. The van der Waals surface area contributed by atoms with Crippen LogP contribution in [0.15, 0.2) is 91.5 Å². The van der Waals surface area contributed by atoms with Crippen LogP contribution >= 0.6 is 0 Å². The lowest BCUT2D eigenvalue weighted by Gasteiger charge is -2.37. The van der Waals surface area contributed by atoms with Gasteiger partial charge in [0.15, 0.2) is 0 Å². The number of rotatable bonds is 8.